The van der Waals surface area contributed by atoms with E-state index in [1.807, 2.05) is 31.2 Å². The van der Waals surface area contributed by atoms with Gasteiger partial charge in [-0.3, -0.25) is 0 Å². The van der Waals surface area contributed by atoms with Crippen LogP contribution in [0.2, 0.25) is 0 Å². The highest BCUT2D eigenvalue weighted by Crippen LogP contribution is 2.35. The van der Waals surface area contributed by atoms with Gasteiger partial charge in [0.05, 0.1) is 5.60 Å². The lowest BCUT2D eigenvalue weighted by molar-refractivity contribution is -0.0453. The summed E-state index contributed by atoms with van der Waals surface area (Å²) in [5.74, 6) is 0.483. The minimum atomic E-state index is -0.564. The van der Waals surface area contributed by atoms with Crippen molar-refractivity contribution in [1.29, 1.82) is 0 Å². The summed E-state index contributed by atoms with van der Waals surface area (Å²) >= 11 is 0. The summed E-state index contributed by atoms with van der Waals surface area (Å²) in [4.78, 5) is 11.9. The second-order valence-electron chi connectivity index (χ2n) is 6.56. The number of carbonyl (C=O) groups excluding carboxylic acids is 1. The van der Waals surface area contributed by atoms with Crippen LogP contribution >= 0.6 is 0 Å². The van der Waals surface area contributed by atoms with Crippen molar-refractivity contribution in [1.82, 2.24) is 5.32 Å². The molecule has 4 heteroatoms. The Morgan fingerprint density at radius 3 is 2.33 bits per heavy atom. The molecule has 2 amide bonds. The predicted molar refractivity (Wildman–Crippen MR) is 85.6 cm³/mol. The maximum atomic E-state index is 11.9. The van der Waals surface area contributed by atoms with Gasteiger partial charge in [-0.2, -0.15) is 0 Å². The summed E-state index contributed by atoms with van der Waals surface area (Å²) in [6.45, 7) is 6.21. The molecule has 1 fully saturated rings. The topological polar surface area (TPSA) is 61.4 Å². The normalized spacial score (nSPS) is 18.0. The molecule has 1 aromatic carbocycles. The molecule has 2 rings (SSSR count). The lowest BCUT2D eigenvalue weighted by Gasteiger charge is -2.38. The van der Waals surface area contributed by atoms with Crippen molar-refractivity contribution in [3.63, 3.8) is 0 Å². The maximum Gasteiger partial charge on any atom is 0.319 e. The van der Waals surface area contributed by atoms with Crippen LogP contribution in [0.25, 0.3) is 0 Å². The Balaban J connectivity index is 1.80. The monoisotopic (exact) mass is 290 g/mol. The fourth-order valence-electron chi connectivity index (χ4n) is 2.75. The molecule has 0 heterocycles. The molecule has 0 saturated heterocycles. The molecule has 0 aromatic heterocycles. The van der Waals surface area contributed by atoms with Crippen molar-refractivity contribution in [2.75, 3.05) is 5.32 Å². The van der Waals surface area contributed by atoms with Gasteiger partial charge in [0.1, 0.15) is 0 Å². The van der Waals surface area contributed by atoms with E-state index >= 15 is 0 Å². The van der Waals surface area contributed by atoms with Crippen LogP contribution in [0.3, 0.4) is 0 Å². The number of benzene rings is 1. The second kappa shape index (κ2) is 6.48. The molecule has 1 aromatic rings. The Labute approximate surface area is 126 Å². The van der Waals surface area contributed by atoms with Crippen molar-refractivity contribution >= 4 is 11.7 Å². The number of nitrogens with one attached hydrogen (secondary N) is 2. The van der Waals surface area contributed by atoms with Gasteiger partial charge in [0.2, 0.25) is 0 Å². The van der Waals surface area contributed by atoms with Crippen LogP contribution in [0.1, 0.15) is 57.9 Å². The van der Waals surface area contributed by atoms with Gasteiger partial charge in [0, 0.05) is 11.7 Å². The highest BCUT2D eigenvalue weighted by atomic mass is 16.3. The summed E-state index contributed by atoms with van der Waals surface area (Å²) in [5.41, 5.74) is 1.47. The van der Waals surface area contributed by atoms with Crippen LogP contribution in [0.15, 0.2) is 24.3 Å². The molecule has 1 saturated carbocycles. The van der Waals surface area contributed by atoms with Gasteiger partial charge in [0.15, 0.2) is 0 Å². The zero-order chi connectivity index (χ0) is 15.5. The molecule has 1 unspecified atom stereocenters. The fourth-order valence-corrected chi connectivity index (χ4v) is 2.75. The average Bonchev–Trinajstić information content (AvgIpc) is 2.37. The number of anilines is 1. The number of carbonyl (C=O) groups is 1. The van der Waals surface area contributed by atoms with Crippen LogP contribution in [0.4, 0.5) is 10.5 Å². The van der Waals surface area contributed by atoms with Crippen molar-refractivity contribution in [2.45, 2.75) is 64.0 Å². The van der Waals surface area contributed by atoms with E-state index in [-0.39, 0.29) is 12.1 Å². The number of urea groups is 1. The molecule has 3 N–H and O–H groups in total. The number of hydrogen-bond acceptors (Lipinski definition) is 2. The first kappa shape index (κ1) is 15.8. The number of amides is 2. The minimum absolute atomic E-state index is 0.0368. The Morgan fingerprint density at radius 1 is 1.24 bits per heavy atom. The predicted octanol–water partition coefficient (Wildman–Crippen LogP) is 3.63. The van der Waals surface area contributed by atoms with E-state index in [9.17, 15) is 9.90 Å². The Hall–Kier alpha value is -1.55. The smallest absolute Gasteiger partial charge is 0.319 e. The summed E-state index contributed by atoms with van der Waals surface area (Å²) in [5, 5.41) is 15.8. The number of aliphatic hydroxyl groups is 1. The average molecular weight is 290 g/mol. The Kier molecular flexibility index (Phi) is 4.88. The molecule has 0 bridgehead atoms. The molecule has 1 aliphatic carbocycles. The Bertz CT molecular complexity index is 478. The van der Waals surface area contributed by atoms with E-state index in [0.29, 0.717) is 12.3 Å². The molecule has 1 aliphatic rings. The van der Waals surface area contributed by atoms with Crippen molar-refractivity contribution in [2.24, 2.45) is 0 Å². The van der Waals surface area contributed by atoms with E-state index in [1.54, 1.807) is 0 Å². The summed E-state index contributed by atoms with van der Waals surface area (Å²) in [6.07, 6.45) is 3.39. The standard InChI is InChI=1S/C17H26N2O2/c1-12(2)14-5-7-15(8-6-14)19-16(20)18-13(3)11-17(21)9-4-10-17/h5-8,12-13,21H,4,9-11H2,1-3H3,(H2,18,19,20). The van der Waals surface area contributed by atoms with Gasteiger partial charge in [-0.15, -0.1) is 0 Å². The van der Waals surface area contributed by atoms with Crippen LogP contribution in [0, 0.1) is 0 Å². The van der Waals surface area contributed by atoms with Crippen molar-refractivity contribution in [3.8, 4) is 0 Å². The van der Waals surface area contributed by atoms with Gasteiger partial charge in [-0.25, -0.2) is 4.79 Å². The molecule has 21 heavy (non-hydrogen) atoms. The molecule has 116 valence electrons. The van der Waals surface area contributed by atoms with Crippen molar-refractivity contribution in [3.05, 3.63) is 29.8 Å². The third kappa shape index (κ3) is 4.46. The van der Waals surface area contributed by atoms with Gasteiger partial charge in [-0.05, 0) is 56.2 Å². The minimum Gasteiger partial charge on any atom is -0.390 e. The third-order valence-corrected chi connectivity index (χ3v) is 4.18. The van der Waals surface area contributed by atoms with E-state index < -0.39 is 5.60 Å². The first-order valence-electron chi connectivity index (χ1n) is 7.78. The number of rotatable bonds is 5. The van der Waals surface area contributed by atoms with E-state index in [0.717, 1.165) is 24.9 Å². The fraction of sp³-hybridized carbons (Fsp3) is 0.588. The molecular formula is C17H26N2O2. The summed E-state index contributed by atoms with van der Waals surface area (Å²) in [7, 11) is 0. The maximum absolute atomic E-state index is 11.9. The van der Waals surface area contributed by atoms with Crippen LogP contribution in [-0.4, -0.2) is 22.8 Å². The van der Waals surface area contributed by atoms with Gasteiger partial charge in [-0.1, -0.05) is 26.0 Å². The van der Waals surface area contributed by atoms with E-state index in [4.69, 9.17) is 0 Å². The first-order valence-corrected chi connectivity index (χ1v) is 7.78. The largest absolute Gasteiger partial charge is 0.390 e. The lowest BCUT2D eigenvalue weighted by atomic mass is 9.76. The summed E-state index contributed by atoms with van der Waals surface area (Å²) < 4.78 is 0. The van der Waals surface area contributed by atoms with Gasteiger partial charge in [0.25, 0.3) is 0 Å². The SMILES string of the molecule is CC(CC1(O)CCC1)NC(=O)Nc1ccc(C(C)C)cc1. The molecule has 1 atom stereocenters. The van der Waals surface area contributed by atoms with Crippen LogP contribution in [0.5, 0.6) is 0 Å². The second-order valence-corrected chi connectivity index (χ2v) is 6.56. The molecule has 4 nitrogen and oxygen atoms in total. The first-order chi connectivity index (χ1) is 9.88. The van der Waals surface area contributed by atoms with Crippen molar-refractivity contribution < 1.29 is 9.90 Å². The quantitative estimate of drug-likeness (QED) is 0.775. The van der Waals surface area contributed by atoms with Crippen LogP contribution < -0.4 is 10.6 Å². The van der Waals surface area contributed by atoms with E-state index in [2.05, 4.69) is 24.5 Å². The third-order valence-electron chi connectivity index (χ3n) is 4.18. The molecule has 0 spiro atoms. The Morgan fingerprint density at radius 2 is 1.86 bits per heavy atom. The zero-order valence-electron chi connectivity index (χ0n) is 13.1. The van der Waals surface area contributed by atoms with Gasteiger partial charge < -0.3 is 15.7 Å². The highest BCUT2D eigenvalue weighted by Gasteiger charge is 2.35. The van der Waals surface area contributed by atoms with Crippen LogP contribution in [-0.2, 0) is 0 Å². The molecule has 0 aliphatic heterocycles. The molecule has 0 radical (unpaired) electrons. The van der Waals surface area contributed by atoms with Gasteiger partial charge >= 0.3 is 6.03 Å². The summed E-state index contributed by atoms with van der Waals surface area (Å²) in [6, 6.07) is 7.63. The zero-order valence-corrected chi connectivity index (χ0v) is 13.1. The van der Waals surface area contributed by atoms with E-state index in [1.165, 1.54) is 5.56 Å². The number of hydrogen-bond donors (Lipinski definition) is 3. The lowest BCUT2D eigenvalue weighted by Crippen LogP contribution is -2.45. The molecular weight excluding hydrogens is 264 g/mol. The highest BCUT2D eigenvalue weighted by molar-refractivity contribution is 5.89.